The fourth-order valence-corrected chi connectivity index (χ4v) is 3.12. The van der Waals surface area contributed by atoms with Gasteiger partial charge in [-0.15, -0.1) is 24.0 Å². The van der Waals surface area contributed by atoms with E-state index >= 15 is 0 Å². The van der Waals surface area contributed by atoms with Gasteiger partial charge in [-0.05, 0) is 29.7 Å². The minimum atomic E-state index is 0. The number of aromatic nitrogens is 1. The van der Waals surface area contributed by atoms with E-state index in [1.807, 2.05) is 24.3 Å². The van der Waals surface area contributed by atoms with Crippen LogP contribution in [-0.4, -0.2) is 37.0 Å². The highest BCUT2D eigenvalue weighted by atomic mass is 127. The monoisotopic (exact) mass is 499 g/mol. The molecular formula is C19H23ClIN5O. The van der Waals surface area contributed by atoms with Gasteiger partial charge in [0.25, 0.3) is 0 Å². The Morgan fingerprint density at radius 1 is 1.30 bits per heavy atom. The zero-order valence-corrected chi connectivity index (χ0v) is 18.1. The van der Waals surface area contributed by atoms with Crippen molar-refractivity contribution in [3.63, 3.8) is 0 Å². The maximum atomic E-state index is 11.9. The number of anilines is 1. The summed E-state index contributed by atoms with van der Waals surface area (Å²) in [5.41, 5.74) is 3.16. The molecule has 0 saturated heterocycles. The van der Waals surface area contributed by atoms with E-state index < -0.39 is 0 Å². The van der Waals surface area contributed by atoms with Crippen LogP contribution in [-0.2, 0) is 11.2 Å². The Balaban J connectivity index is 0.00000261. The number of guanidine groups is 1. The smallest absolute Gasteiger partial charge is 0.225 e. The quantitative estimate of drug-likeness (QED) is 0.256. The van der Waals surface area contributed by atoms with Crippen LogP contribution in [0.5, 0.6) is 0 Å². The number of nitrogens with zero attached hydrogens (tertiary/aromatic N) is 2. The van der Waals surface area contributed by atoms with Crippen LogP contribution in [0, 0.1) is 0 Å². The largest absolute Gasteiger partial charge is 0.356 e. The number of rotatable bonds is 5. The highest BCUT2D eigenvalue weighted by molar-refractivity contribution is 14.0. The van der Waals surface area contributed by atoms with Gasteiger partial charge in [-0.25, -0.2) is 4.98 Å². The first-order chi connectivity index (χ1) is 12.7. The molecule has 144 valence electrons. The summed E-state index contributed by atoms with van der Waals surface area (Å²) in [6, 6.07) is 11.7. The van der Waals surface area contributed by atoms with Crippen molar-refractivity contribution in [3.05, 3.63) is 58.9 Å². The number of amides is 1. The number of hydrogen-bond donors (Lipinski definition) is 3. The number of pyridine rings is 1. The number of para-hydroxylation sites is 1. The number of carbonyl (C=O) groups excluding carboxylic acids is 1. The Morgan fingerprint density at radius 2 is 2.11 bits per heavy atom. The summed E-state index contributed by atoms with van der Waals surface area (Å²) in [4.78, 5) is 20.2. The van der Waals surface area contributed by atoms with E-state index in [2.05, 4.69) is 32.0 Å². The number of aliphatic imine (C=N–C) groups is 1. The van der Waals surface area contributed by atoms with Crippen LogP contribution in [0.25, 0.3) is 0 Å². The van der Waals surface area contributed by atoms with Crippen molar-refractivity contribution >= 4 is 53.1 Å². The molecule has 3 rings (SSSR count). The minimum Gasteiger partial charge on any atom is -0.356 e. The lowest BCUT2D eigenvalue weighted by Gasteiger charge is -2.26. The molecule has 1 atom stereocenters. The van der Waals surface area contributed by atoms with Gasteiger partial charge in [0, 0.05) is 44.4 Å². The van der Waals surface area contributed by atoms with Gasteiger partial charge in [0.1, 0.15) is 5.15 Å². The lowest BCUT2D eigenvalue weighted by atomic mass is 9.90. The molecule has 1 amide bonds. The zero-order chi connectivity index (χ0) is 18.4. The lowest BCUT2D eigenvalue weighted by Crippen LogP contribution is -2.41. The van der Waals surface area contributed by atoms with E-state index in [1.165, 1.54) is 0 Å². The van der Waals surface area contributed by atoms with E-state index in [0.29, 0.717) is 18.1 Å². The second-order valence-electron chi connectivity index (χ2n) is 6.16. The first-order valence-corrected chi connectivity index (χ1v) is 8.97. The molecule has 2 aromatic rings. The van der Waals surface area contributed by atoms with E-state index in [-0.39, 0.29) is 35.8 Å². The van der Waals surface area contributed by atoms with E-state index in [9.17, 15) is 4.79 Å². The second kappa shape index (κ2) is 10.5. The average Bonchev–Trinajstić information content (AvgIpc) is 2.65. The molecule has 1 aromatic carbocycles. The molecule has 27 heavy (non-hydrogen) atoms. The Morgan fingerprint density at radius 3 is 2.85 bits per heavy atom. The molecule has 0 saturated carbocycles. The van der Waals surface area contributed by atoms with Gasteiger partial charge in [-0.2, -0.15) is 0 Å². The van der Waals surface area contributed by atoms with Gasteiger partial charge >= 0.3 is 0 Å². The Hall–Kier alpha value is -1.87. The Kier molecular flexibility index (Phi) is 8.30. The summed E-state index contributed by atoms with van der Waals surface area (Å²) in [5, 5.41) is 10.0. The molecule has 0 radical (unpaired) electrons. The number of nitrogens with one attached hydrogen (secondary N) is 3. The predicted molar refractivity (Wildman–Crippen MR) is 120 cm³/mol. The molecule has 0 spiro atoms. The van der Waals surface area contributed by atoms with Crippen molar-refractivity contribution in [1.82, 2.24) is 15.6 Å². The van der Waals surface area contributed by atoms with Gasteiger partial charge in [0.15, 0.2) is 5.96 Å². The summed E-state index contributed by atoms with van der Waals surface area (Å²) in [6.45, 7) is 1.37. The Labute approximate surface area is 181 Å². The molecule has 1 aliphatic heterocycles. The highest BCUT2D eigenvalue weighted by Crippen LogP contribution is 2.31. The predicted octanol–water partition coefficient (Wildman–Crippen LogP) is 3.19. The summed E-state index contributed by atoms with van der Waals surface area (Å²) in [5.74, 6) is 0.892. The number of carbonyl (C=O) groups is 1. The topological polar surface area (TPSA) is 78.4 Å². The van der Waals surface area contributed by atoms with Crippen molar-refractivity contribution in [2.45, 2.75) is 18.8 Å². The summed E-state index contributed by atoms with van der Waals surface area (Å²) >= 11 is 5.80. The van der Waals surface area contributed by atoms with E-state index in [1.54, 1.807) is 19.3 Å². The molecule has 6 nitrogen and oxygen atoms in total. The third-order valence-corrected chi connectivity index (χ3v) is 4.56. The van der Waals surface area contributed by atoms with Gasteiger partial charge in [-0.3, -0.25) is 9.79 Å². The maximum absolute atomic E-state index is 11.9. The average molecular weight is 500 g/mol. The van der Waals surface area contributed by atoms with Crippen LogP contribution < -0.4 is 16.0 Å². The van der Waals surface area contributed by atoms with Crippen LogP contribution in [0.15, 0.2) is 47.6 Å². The van der Waals surface area contributed by atoms with Crippen molar-refractivity contribution < 1.29 is 4.79 Å². The molecule has 8 heteroatoms. The first kappa shape index (κ1) is 21.4. The fraction of sp³-hybridized carbons (Fsp3) is 0.316. The van der Waals surface area contributed by atoms with E-state index in [0.717, 1.165) is 35.7 Å². The van der Waals surface area contributed by atoms with Crippen molar-refractivity contribution in [2.75, 3.05) is 25.5 Å². The molecule has 0 fully saturated rings. The summed E-state index contributed by atoms with van der Waals surface area (Å²) in [7, 11) is 1.74. The summed E-state index contributed by atoms with van der Waals surface area (Å²) < 4.78 is 0. The fourth-order valence-electron chi connectivity index (χ4n) is 3.00. The molecule has 0 bridgehead atoms. The van der Waals surface area contributed by atoms with Crippen LogP contribution in [0.2, 0.25) is 5.15 Å². The zero-order valence-electron chi connectivity index (χ0n) is 15.0. The van der Waals surface area contributed by atoms with Crippen LogP contribution in [0.3, 0.4) is 0 Å². The highest BCUT2D eigenvalue weighted by Gasteiger charge is 2.24. The number of fused-ring (bicyclic) bond motifs is 1. The third kappa shape index (κ3) is 6.07. The summed E-state index contributed by atoms with van der Waals surface area (Å²) in [6.07, 6.45) is 3.06. The van der Waals surface area contributed by atoms with E-state index in [4.69, 9.17) is 11.6 Å². The molecule has 1 unspecified atom stereocenters. The SMILES string of the molecule is CN=C(NCCc1ccc(Cl)nc1)NCC1CC(=O)Nc2ccccc21.I. The van der Waals surface area contributed by atoms with Crippen LogP contribution in [0.4, 0.5) is 5.69 Å². The molecule has 3 N–H and O–H groups in total. The van der Waals surface area contributed by atoms with Crippen LogP contribution in [0.1, 0.15) is 23.5 Å². The van der Waals surface area contributed by atoms with Gasteiger partial charge in [0.2, 0.25) is 5.91 Å². The first-order valence-electron chi connectivity index (χ1n) is 8.59. The number of benzene rings is 1. The lowest BCUT2D eigenvalue weighted by molar-refractivity contribution is -0.116. The van der Waals surface area contributed by atoms with Crippen molar-refractivity contribution in [1.29, 1.82) is 0 Å². The van der Waals surface area contributed by atoms with Gasteiger partial charge in [0.05, 0.1) is 0 Å². The third-order valence-electron chi connectivity index (χ3n) is 4.34. The number of hydrogen-bond acceptors (Lipinski definition) is 3. The normalized spacial score (nSPS) is 16.0. The molecular weight excluding hydrogens is 477 g/mol. The molecule has 2 heterocycles. The van der Waals surface area contributed by atoms with Gasteiger partial charge in [-0.1, -0.05) is 35.9 Å². The molecule has 1 aromatic heterocycles. The molecule has 0 aliphatic carbocycles. The van der Waals surface area contributed by atoms with Crippen molar-refractivity contribution in [3.8, 4) is 0 Å². The van der Waals surface area contributed by atoms with Crippen LogP contribution >= 0.6 is 35.6 Å². The number of halogens is 2. The Bertz CT molecular complexity index is 797. The van der Waals surface area contributed by atoms with Gasteiger partial charge < -0.3 is 16.0 Å². The maximum Gasteiger partial charge on any atom is 0.225 e. The molecule has 1 aliphatic rings. The minimum absolute atomic E-state index is 0. The van der Waals surface area contributed by atoms with Crippen molar-refractivity contribution in [2.24, 2.45) is 4.99 Å². The second-order valence-corrected chi connectivity index (χ2v) is 6.54. The standard InChI is InChI=1S/C19H22ClN5O.HI/c1-21-19(22-9-8-13-6-7-17(20)23-11-13)24-12-14-10-18(26)25-16-5-3-2-4-15(14)16;/h2-7,11,14H,8-10,12H2,1H3,(H,25,26)(H2,21,22,24);1H.